The molecule has 0 aliphatic carbocycles. The van der Waals surface area contributed by atoms with Gasteiger partial charge in [0.05, 0.1) is 23.4 Å². The number of nitrogens with one attached hydrogen (secondary N) is 1. The number of hydrogen-bond donors (Lipinski definition) is 3. The summed E-state index contributed by atoms with van der Waals surface area (Å²) in [7, 11) is 0. The summed E-state index contributed by atoms with van der Waals surface area (Å²) >= 11 is 0. The minimum atomic E-state index is -2.94. The zero-order chi connectivity index (χ0) is 11.6. The zero-order valence-electron chi connectivity index (χ0n) is 7.46. The number of pyridine rings is 1. The quantitative estimate of drug-likeness (QED) is 0.689. The fourth-order valence-corrected chi connectivity index (χ4v) is 1.06. The lowest BCUT2D eigenvalue weighted by atomic mass is 10.2. The molecule has 1 aromatic heterocycles. The Labute approximate surface area is 82.5 Å². The number of nitrogens with two attached hydrogens (primary N) is 1. The van der Waals surface area contributed by atoms with Crippen LogP contribution in [0.3, 0.4) is 0 Å². The molecular formula is C8H8F2N2O3. The predicted octanol–water partition coefficient (Wildman–Crippen LogP) is 0.522. The Hall–Kier alpha value is -1.92. The van der Waals surface area contributed by atoms with Crippen molar-refractivity contribution < 1.29 is 18.7 Å². The molecule has 0 bridgehead atoms. The fraction of sp³-hybridized carbons (Fsp3) is 0.250. The van der Waals surface area contributed by atoms with Gasteiger partial charge in [-0.3, -0.25) is 9.59 Å². The van der Waals surface area contributed by atoms with Gasteiger partial charge in [-0.25, -0.2) is 8.78 Å². The van der Waals surface area contributed by atoms with Crippen LogP contribution in [0.4, 0.5) is 14.5 Å². The lowest BCUT2D eigenvalue weighted by Crippen LogP contribution is -2.18. The number of H-pyrrole nitrogens is 1. The summed E-state index contributed by atoms with van der Waals surface area (Å²) in [6.45, 7) is 0. The van der Waals surface area contributed by atoms with Gasteiger partial charge in [-0.05, 0) is 6.07 Å². The molecule has 82 valence electrons. The molecule has 1 heterocycles. The number of nitrogen functional groups attached to an aromatic ring is 1. The van der Waals surface area contributed by atoms with Crippen LogP contribution >= 0.6 is 0 Å². The Balaban J connectivity index is 3.20. The highest BCUT2D eigenvalue weighted by molar-refractivity contribution is 5.71. The molecule has 0 unspecified atom stereocenters. The minimum absolute atomic E-state index is 0.0723. The van der Waals surface area contributed by atoms with Crippen LogP contribution in [0.2, 0.25) is 0 Å². The lowest BCUT2D eigenvalue weighted by Gasteiger charge is -2.05. The number of carboxylic acid groups (broad SMARTS) is 1. The fourth-order valence-electron chi connectivity index (χ4n) is 1.06. The van der Waals surface area contributed by atoms with Gasteiger partial charge in [0.2, 0.25) is 0 Å². The van der Waals surface area contributed by atoms with Crippen molar-refractivity contribution in [2.75, 3.05) is 5.73 Å². The van der Waals surface area contributed by atoms with Crippen molar-refractivity contribution in [1.82, 2.24) is 4.98 Å². The summed E-state index contributed by atoms with van der Waals surface area (Å²) in [4.78, 5) is 23.4. The number of hydrogen-bond acceptors (Lipinski definition) is 3. The number of aliphatic carboxylic acids is 1. The van der Waals surface area contributed by atoms with Gasteiger partial charge in [-0.15, -0.1) is 0 Å². The Kier molecular flexibility index (Phi) is 3.03. The van der Waals surface area contributed by atoms with E-state index in [9.17, 15) is 18.4 Å². The molecule has 0 radical (unpaired) electrons. The van der Waals surface area contributed by atoms with E-state index in [2.05, 4.69) is 0 Å². The van der Waals surface area contributed by atoms with E-state index in [1.165, 1.54) is 0 Å². The molecular weight excluding hydrogens is 210 g/mol. The van der Waals surface area contributed by atoms with Crippen LogP contribution in [0.25, 0.3) is 0 Å². The van der Waals surface area contributed by atoms with Gasteiger partial charge in [0.1, 0.15) is 0 Å². The number of aromatic nitrogens is 1. The number of halogens is 2. The Morgan fingerprint density at radius 1 is 1.60 bits per heavy atom. The first-order valence-electron chi connectivity index (χ1n) is 3.93. The van der Waals surface area contributed by atoms with Crippen molar-refractivity contribution in [3.63, 3.8) is 0 Å². The molecule has 0 saturated carbocycles. The first-order chi connectivity index (χ1) is 6.91. The van der Waals surface area contributed by atoms with E-state index in [0.717, 1.165) is 6.07 Å². The van der Waals surface area contributed by atoms with E-state index < -0.39 is 29.9 Å². The van der Waals surface area contributed by atoms with E-state index in [1.54, 1.807) is 0 Å². The minimum Gasteiger partial charge on any atom is -0.481 e. The maximum absolute atomic E-state index is 12.2. The van der Waals surface area contributed by atoms with Crippen LogP contribution in [0.1, 0.15) is 17.7 Å². The number of anilines is 1. The molecule has 15 heavy (non-hydrogen) atoms. The summed E-state index contributed by atoms with van der Waals surface area (Å²) in [6.07, 6.45) is -3.44. The van der Waals surface area contributed by atoms with Gasteiger partial charge in [0, 0.05) is 0 Å². The summed E-state index contributed by atoms with van der Waals surface area (Å²) in [5, 5.41) is 8.43. The van der Waals surface area contributed by atoms with Gasteiger partial charge in [0.25, 0.3) is 12.0 Å². The molecule has 0 fully saturated rings. The highest BCUT2D eigenvalue weighted by atomic mass is 19.3. The number of carbonyl (C=O) groups is 1. The molecule has 0 saturated heterocycles. The van der Waals surface area contributed by atoms with E-state index >= 15 is 0 Å². The second-order valence-corrected chi connectivity index (χ2v) is 2.86. The summed E-state index contributed by atoms with van der Waals surface area (Å²) in [5.41, 5.74) is 3.30. The van der Waals surface area contributed by atoms with Crippen molar-refractivity contribution in [2.45, 2.75) is 12.8 Å². The molecule has 0 aliphatic heterocycles. The molecule has 0 aliphatic rings. The SMILES string of the molecule is Nc1cc(C(F)F)c(=O)[nH]c1CC(=O)O. The summed E-state index contributed by atoms with van der Waals surface area (Å²) < 4.78 is 24.4. The van der Waals surface area contributed by atoms with Crippen molar-refractivity contribution >= 4 is 11.7 Å². The average molecular weight is 218 g/mol. The first kappa shape index (κ1) is 11.2. The normalized spacial score (nSPS) is 10.6. The molecule has 1 aromatic rings. The molecule has 4 N–H and O–H groups in total. The van der Waals surface area contributed by atoms with Gasteiger partial charge in [-0.1, -0.05) is 0 Å². The smallest absolute Gasteiger partial charge is 0.309 e. The van der Waals surface area contributed by atoms with E-state index in [4.69, 9.17) is 10.8 Å². The Morgan fingerprint density at radius 2 is 2.20 bits per heavy atom. The maximum atomic E-state index is 12.2. The molecule has 0 aromatic carbocycles. The van der Waals surface area contributed by atoms with Crippen LogP contribution in [-0.2, 0) is 11.2 Å². The number of aromatic amines is 1. The summed E-state index contributed by atoms with van der Waals surface area (Å²) in [5.74, 6) is -1.21. The largest absolute Gasteiger partial charge is 0.481 e. The summed E-state index contributed by atoms with van der Waals surface area (Å²) in [6, 6.07) is 0.793. The van der Waals surface area contributed by atoms with Crippen LogP contribution in [0, 0.1) is 0 Å². The van der Waals surface area contributed by atoms with E-state index in [1.807, 2.05) is 4.98 Å². The number of alkyl halides is 2. The second kappa shape index (κ2) is 4.07. The van der Waals surface area contributed by atoms with Gasteiger partial charge >= 0.3 is 5.97 Å². The van der Waals surface area contributed by atoms with Gasteiger partial charge in [0.15, 0.2) is 0 Å². The number of rotatable bonds is 3. The third-order valence-corrected chi connectivity index (χ3v) is 1.75. The number of carboxylic acids is 1. The van der Waals surface area contributed by atoms with Gasteiger partial charge in [-0.2, -0.15) is 0 Å². The van der Waals surface area contributed by atoms with E-state index in [-0.39, 0.29) is 11.4 Å². The average Bonchev–Trinajstić information content (AvgIpc) is 2.09. The van der Waals surface area contributed by atoms with Crippen LogP contribution < -0.4 is 11.3 Å². The Morgan fingerprint density at radius 3 is 2.67 bits per heavy atom. The molecule has 1 rings (SSSR count). The highest BCUT2D eigenvalue weighted by Gasteiger charge is 2.15. The molecule has 0 amide bonds. The highest BCUT2D eigenvalue weighted by Crippen LogP contribution is 2.18. The lowest BCUT2D eigenvalue weighted by molar-refractivity contribution is -0.136. The third-order valence-electron chi connectivity index (χ3n) is 1.75. The monoisotopic (exact) mass is 218 g/mol. The topological polar surface area (TPSA) is 96.2 Å². The van der Waals surface area contributed by atoms with Crippen LogP contribution in [0.15, 0.2) is 10.9 Å². The van der Waals surface area contributed by atoms with Crippen molar-refractivity contribution in [3.8, 4) is 0 Å². The molecule has 0 spiro atoms. The predicted molar refractivity (Wildman–Crippen MR) is 47.8 cm³/mol. The van der Waals surface area contributed by atoms with E-state index in [0.29, 0.717) is 0 Å². The molecule has 7 heteroatoms. The van der Waals surface area contributed by atoms with Gasteiger partial charge < -0.3 is 15.8 Å². The van der Waals surface area contributed by atoms with Crippen molar-refractivity contribution in [1.29, 1.82) is 0 Å². The van der Waals surface area contributed by atoms with Crippen LogP contribution in [0.5, 0.6) is 0 Å². The Bertz CT molecular complexity index is 442. The zero-order valence-corrected chi connectivity index (χ0v) is 7.46. The standard InChI is InChI=1S/C8H8F2N2O3/c9-7(10)3-1-4(11)5(2-6(13)14)12-8(3)15/h1,7H,2,11H2,(H,12,15)(H,13,14). The van der Waals surface area contributed by atoms with Crippen LogP contribution in [-0.4, -0.2) is 16.1 Å². The maximum Gasteiger partial charge on any atom is 0.309 e. The third kappa shape index (κ3) is 2.52. The van der Waals surface area contributed by atoms with Crippen molar-refractivity contribution in [2.24, 2.45) is 0 Å². The molecule has 0 atom stereocenters. The second-order valence-electron chi connectivity index (χ2n) is 2.86. The van der Waals surface area contributed by atoms with Crippen molar-refractivity contribution in [3.05, 3.63) is 27.7 Å². The first-order valence-corrected chi connectivity index (χ1v) is 3.93. The molecule has 5 nitrogen and oxygen atoms in total.